The van der Waals surface area contributed by atoms with Crippen LogP contribution in [0.3, 0.4) is 0 Å². The molecule has 2 aromatic rings. The maximum Gasteiger partial charge on any atom is 0.123 e. The highest BCUT2D eigenvalue weighted by Gasteiger charge is 2.12. The monoisotopic (exact) mass is 282 g/mol. The minimum atomic E-state index is 0.378. The third-order valence-electron chi connectivity index (χ3n) is 4.05. The van der Waals surface area contributed by atoms with Gasteiger partial charge in [0.2, 0.25) is 0 Å². The lowest BCUT2D eigenvalue weighted by Crippen LogP contribution is -1.98. The molecule has 1 nitrogen and oxygen atoms in total. The van der Waals surface area contributed by atoms with Crippen LogP contribution in [0.25, 0.3) is 11.1 Å². The zero-order valence-electron chi connectivity index (χ0n) is 13.2. The maximum absolute atomic E-state index is 10.2. The van der Waals surface area contributed by atoms with Gasteiger partial charge in [0.15, 0.2) is 0 Å². The van der Waals surface area contributed by atoms with Crippen molar-refractivity contribution in [1.29, 1.82) is 0 Å². The molecule has 0 unspecified atom stereocenters. The van der Waals surface area contributed by atoms with Crippen molar-refractivity contribution < 1.29 is 5.11 Å². The molecule has 0 fully saturated rings. The van der Waals surface area contributed by atoms with Crippen LogP contribution < -0.4 is 0 Å². The van der Waals surface area contributed by atoms with Gasteiger partial charge in [-0.2, -0.15) is 0 Å². The molecule has 2 aromatic carbocycles. The van der Waals surface area contributed by atoms with Crippen molar-refractivity contribution in [3.8, 4) is 16.9 Å². The van der Waals surface area contributed by atoms with Crippen molar-refractivity contribution in [3.63, 3.8) is 0 Å². The second-order valence-electron chi connectivity index (χ2n) is 5.67. The van der Waals surface area contributed by atoms with Crippen LogP contribution in [-0.4, -0.2) is 5.11 Å². The van der Waals surface area contributed by atoms with Crippen LogP contribution >= 0.6 is 0 Å². The number of hydrogen-bond acceptors (Lipinski definition) is 1. The van der Waals surface area contributed by atoms with Crippen LogP contribution in [0.2, 0.25) is 0 Å². The lowest BCUT2D eigenvalue weighted by atomic mass is 9.89. The Labute approximate surface area is 128 Å². The third kappa shape index (κ3) is 3.87. The van der Waals surface area contributed by atoms with E-state index in [1.54, 1.807) is 6.07 Å². The molecule has 1 N–H and O–H groups in total. The fourth-order valence-electron chi connectivity index (χ4n) is 2.84. The lowest BCUT2D eigenvalue weighted by Gasteiger charge is -2.16. The molecule has 0 aliphatic carbocycles. The minimum Gasteiger partial charge on any atom is -0.507 e. The molecule has 2 rings (SSSR count). The number of benzene rings is 2. The van der Waals surface area contributed by atoms with E-state index in [1.165, 1.54) is 42.4 Å². The summed E-state index contributed by atoms with van der Waals surface area (Å²) in [5.74, 6) is 0.378. The Hall–Kier alpha value is -1.76. The maximum atomic E-state index is 10.2. The Bertz CT molecular complexity index is 572. The first kappa shape index (κ1) is 15.6. The molecular weight excluding hydrogens is 256 g/mol. The molecule has 0 radical (unpaired) electrons. The fourth-order valence-corrected chi connectivity index (χ4v) is 2.84. The summed E-state index contributed by atoms with van der Waals surface area (Å²) in [7, 11) is 0. The number of hydrogen-bond donors (Lipinski definition) is 1. The first-order valence-electron chi connectivity index (χ1n) is 8.17. The molecule has 1 heteroatoms. The van der Waals surface area contributed by atoms with Crippen molar-refractivity contribution in [1.82, 2.24) is 0 Å². The van der Waals surface area contributed by atoms with E-state index in [2.05, 4.69) is 32.0 Å². The molecule has 0 aromatic heterocycles. The second kappa shape index (κ2) is 7.87. The summed E-state index contributed by atoms with van der Waals surface area (Å²) in [6.45, 7) is 4.47. The number of phenolic OH excluding ortho intramolecular Hbond substituents is 1. The van der Waals surface area contributed by atoms with Crippen LogP contribution in [0, 0.1) is 0 Å². The SMILES string of the molecule is CCCCc1cccc(-c2ccccc2O)c1CCCC. The van der Waals surface area contributed by atoms with E-state index < -0.39 is 0 Å². The average molecular weight is 282 g/mol. The smallest absolute Gasteiger partial charge is 0.123 e. The number of aromatic hydroxyl groups is 1. The summed E-state index contributed by atoms with van der Waals surface area (Å²) >= 11 is 0. The van der Waals surface area contributed by atoms with Crippen molar-refractivity contribution >= 4 is 0 Å². The van der Waals surface area contributed by atoms with Crippen LogP contribution in [0.15, 0.2) is 42.5 Å². The fraction of sp³-hybridized carbons (Fsp3) is 0.400. The molecule has 0 saturated heterocycles. The topological polar surface area (TPSA) is 20.2 Å². The van der Waals surface area contributed by atoms with Gasteiger partial charge in [-0.05, 0) is 48.4 Å². The molecular formula is C20H26O. The molecule has 21 heavy (non-hydrogen) atoms. The van der Waals surface area contributed by atoms with Gasteiger partial charge >= 0.3 is 0 Å². The third-order valence-corrected chi connectivity index (χ3v) is 4.05. The van der Waals surface area contributed by atoms with E-state index in [4.69, 9.17) is 0 Å². The van der Waals surface area contributed by atoms with E-state index >= 15 is 0 Å². The Morgan fingerprint density at radius 2 is 1.43 bits per heavy atom. The predicted octanol–water partition coefficient (Wildman–Crippen LogP) is 5.74. The minimum absolute atomic E-state index is 0.378. The molecule has 0 heterocycles. The Kier molecular flexibility index (Phi) is 5.86. The van der Waals surface area contributed by atoms with Crippen LogP contribution in [0.4, 0.5) is 0 Å². The van der Waals surface area contributed by atoms with Crippen molar-refractivity contribution in [2.24, 2.45) is 0 Å². The van der Waals surface area contributed by atoms with E-state index in [-0.39, 0.29) is 0 Å². The molecule has 112 valence electrons. The summed E-state index contributed by atoms with van der Waals surface area (Å²) in [6, 6.07) is 14.2. The zero-order valence-corrected chi connectivity index (χ0v) is 13.2. The first-order valence-corrected chi connectivity index (χ1v) is 8.17. The Morgan fingerprint density at radius 3 is 2.14 bits per heavy atom. The van der Waals surface area contributed by atoms with Gasteiger partial charge in [0, 0.05) is 5.56 Å². The average Bonchev–Trinajstić information content (AvgIpc) is 2.51. The van der Waals surface area contributed by atoms with E-state index in [0.717, 1.165) is 18.4 Å². The zero-order chi connectivity index (χ0) is 15.1. The molecule has 0 aliphatic rings. The van der Waals surface area contributed by atoms with Gasteiger partial charge in [-0.3, -0.25) is 0 Å². The van der Waals surface area contributed by atoms with Gasteiger partial charge in [-0.25, -0.2) is 0 Å². The molecule has 0 saturated carbocycles. The van der Waals surface area contributed by atoms with Gasteiger partial charge in [-0.1, -0.05) is 63.1 Å². The highest BCUT2D eigenvalue weighted by molar-refractivity contribution is 5.74. The van der Waals surface area contributed by atoms with Gasteiger partial charge in [0.25, 0.3) is 0 Å². The lowest BCUT2D eigenvalue weighted by molar-refractivity contribution is 0.477. The summed E-state index contributed by atoms with van der Waals surface area (Å²) in [5.41, 5.74) is 5.04. The largest absolute Gasteiger partial charge is 0.507 e. The highest BCUT2D eigenvalue weighted by Crippen LogP contribution is 2.34. The van der Waals surface area contributed by atoms with Crippen LogP contribution in [0.1, 0.15) is 50.7 Å². The number of rotatable bonds is 7. The number of para-hydroxylation sites is 1. The Balaban J connectivity index is 2.46. The van der Waals surface area contributed by atoms with Crippen LogP contribution in [0.5, 0.6) is 5.75 Å². The number of phenols is 1. The summed E-state index contributed by atoms with van der Waals surface area (Å²) in [6.07, 6.45) is 7.07. The number of aryl methyl sites for hydroxylation is 1. The first-order chi connectivity index (χ1) is 10.3. The van der Waals surface area contributed by atoms with Crippen LogP contribution in [-0.2, 0) is 12.8 Å². The quantitative estimate of drug-likeness (QED) is 0.686. The normalized spacial score (nSPS) is 10.8. The number of unbranched alkanes of at least 4 members (excludes halogenated alkanes) is 2. The molecule has 0 aliphatic heterocycles. The molecule has 0 atom stereocenters. The summed E-state index contributed by atoms with van der Waals surface area (Å²) < 4.78 is 0. The standard InChI is InChI=1S/C20H26O/c1-3-5-10-16-11-9-14-18(17(16)12-6-4-2)19-13-7-8-15-20(19)21/h7-9,11,13-15,21H,3-6,10,12H2,1-2H3. The predicted molar refractivity (Wildman–Crippen MR) is 90.8 cm³/mol. The highest BCUT2D eigenvalue weighted by atomic mass is 16.3. The molecule has 0 amide bonds. The second-order valence-corrected chi connectivity index (χ2v) is 5.67. The van der Waals surface area contributed by atoms with Gasteiger partial charge in [-0.15, -0.1) is 0 Å². The van der Waals surface area contributed by atoms with Gasteiger partial charge in [0.05, 0.1) is 0 Å². The van der Waals surface area contributed by atoms with Crippen molar-refractivity contribution in [2.75, 3.05) is 0 Å². The molecule has 0 spiro atoms. The van der Waals surface area contributed by atoms with Gasteiger partial charge in [0.1, 0.15) is 5.75 Å². The van der Waals surface area contributed by atoms with E-state index in [0.29, 0.717) is 5.75 Å². The van der Waals surface area contributed by atoms with Gasteiger partial charge < -0.3 is 5.11 Å². The Morgan fingerprint density at radius 1 is 0.762 bits per heavy atom. The summed E-state index contributed by atoms with van der Waals surface area (Å²) in [4.78, 5) is 0. The molecule has 0 bridgehead atoms. The van der Waals surface area contributed by atoms with Crippen molar-refractivity contribution in [3.05, 3.63) is 53.6 Å². The van der Waals surface area contributed by atoms with E-state index in [1.807, 2.05) is 18.2 Å². The van der Waals surface area contributed by atoms with E-state index in [9.17, 15) is 5.11 Å². The summed E-state index contributed by atoms with van der Waals surface area (Å²) in [5, 5.41) is 10.2. The van der Waals surface area contributed by atoms with Crippen molar-refractivity contribution in [2.45, 2.75) is 52.4 Å².